The number of fused-ring (bicyclic) bond motifs is 2. The summed E-state index contributed by atoms with van der Waals surface area (Å²) in [5.74, 6) is 0. The normalized spacial score (nSPS) is 18.6. The van der Waals surface area contributed by atoms with Crippen molar-refractivity contribution in [1.29, 1.82) is 0 Å². The molecule has 32 heavy (non-hydrogen) atoms. The molecule has 0 bridgehead atoms. The Kier molecular flexibility index (Phi) is 12.6. The van der Waals surface area contributed by atoms with Crippen LogP contribution < -0.4 is 29.7 Å². The van der Waals surface area contributed by atoms with E-state index in [1.807, 2.05) is 6.08 Å². The smallest absolute Gasteiger partial charge is 1.00 e. The van der Waals surface area contributed by atoms with Gasteiger partial charge in [-0.2, -0.15) is 23.9 Å². The maximum atomic E-state index is 3.39. The van der Waals surface area contributed by atoms with Gasteiger partial charge in [0.05, 0.1) is 0 Å². The van der Waals surface area contributed by atoms with E-state index in [0.29, 0.717) is 6.04 Å². The molecule has 1 aromatic rings. The first-order valence-electron chi connectivity index (χ1n) is 10.1. The van der Waals surface area contributed by atoms with Gasteiger partial charge in [0.2, 0.25) is 0 Å². The van der Waals surface area contributed by atoms with E-state index in [0.717, 1.165) is 0 Å². The SMILES string of the molecule is CC1=[C-]C2=CC(C)N(c3ccccc3)C2=C1.CSC1=C2[C-]=CC=C2C=C1.C[Si](C)=[Zr+2].[Cl-].[Cl-]. The third-order valence-corrected chi connectivity index (χ3v) is 5.51. The van der Waals surface area contributed by atoms with E-state index in [1.165, 1.54) is 38.6 Å². The topological polar surface area (TPSA) is 3.24 Å². The molecule has 1 nitrogen and oxygen atoms in total. The predicted molar refractivity (Wildman–Crippen MR) is 130 cm³/mol. The standard InChI is InChI=1S/C15H14N.C9H7S.C2H6Si.2ClH.Zr/c1-11-8-13-10-12(2)16(15(13)9-11)14-6-4-3-5-7-14;1-10-9-6-5-7-3-2-4-8(7)9;1-3-2;;;/h3-7,9-10,12H,1-2H3;2-3,5-6H,1H3;1-2H3;2*1H;/q2*-1;;;;+2/p-2. The Morgan fingerprint density at radius 1 is 1.09 bits per heavy atom. The number of allylic oxidation sites excluding steroid dienone is 10. The first-order valence-corrected chi connectivity index (χ1v) is 17.5. The van der Waals surface area contributed by atoms with Crippen LogP contribution in [0.25, 0.3) is 0 Å². The number of hydrogen-bond acceptors (Lipinski definition) is 2. The van der Waals surface area contributed by atoms with Crippen molar-refractivity contribution in [2.45, 2.75) is 33.0 Å². The number of hydrogen-bond donors (Lipinski definition) is 0. The van der Waals surface area contributed by atoms with E-state index < -0.39 is 0 Å². The molecule has 0 amide bonds. The minimum absolute atomic E-state index is 0. The first kappa shape index (κ1) is 29.3. The van der Waals surface area contributed by atoms with E-state index >= 15 is 0 Å². The fourth-order valence-electron chi connectivity index (χ4n) is 3.57. The van der Waals surface area contributed by atoms with Crippen LogP contribution in [0.15, 0.2) is 99.7 Å². The number of rotatable bonds is 2. The van der Waals surface area contributed by atoms with E-state index in [2.05, 4.69) is 111 Å². The Bertz CT molecular complexity index is 1040. The number of halogens is 2. The molecule has 0 saturated heterocycles. The Labute approximate surface area is 225 Å². The van der Waals surface area contributed by atoms with E-state index in [4.69, 9.17) is 0 Å². The number of para-hydroxylation sites is 1. The molecule has 0 radical (unpaired) electrons. The molecule has 5 rings (SSSR count). The van der Waals surface area contributed by atoms with Gasteiger partial charge in [-0.05, 0) is 25.3 Å². The summed E-state index contributed by atoms with van der Waals surface area (Å²) >= 11 is 3.52. The number of anilines is 1. The van der Waals surface area contributed by atoms with Gasteiger partial charge >= 0.3 is 41.9 Å². The summed E-state index contributed by atoms with van der Waals surface area (Å²) in [6.07, 6.45) is 21.5. The third-order valence-electron chi connectivity index (χ3n) is 4.73. The Morgan fingerprint density at radius 3 is 2.38 bits per heavy atom. The summed E-state index contributed by atoms with van der Waals surface area (Å²) in [4.78, 5) is 3.69. The van der Waals surface area contributed by atoms with Gasteiger partial charge < -0.3 is 29.7 Å². The predicted octanol–water partition coefficient (Wildman–Crippen LogP) is 0.733. The minimum Gasteiger partial charge on any atom is -1.00 e. The fourth-order valence-corrected chi connectivity index (χ4v) is 4.16. The van der Waals surface area contributed by atoms with Crippen LogP contribution in [0.1, 0.15) is 13.8 Å². The maximum absolute atomic E-state index is 3.39. The number of thioether (sulfide) groups is 1. The van der Waals surface area contributed by atoms with Crippen molar-refractivity contribution in [3.8, 4) is 0 Å². The molecule has 0 spiro atoms. The summed E-state index contributed by atoms with van der Waals surface area (Å²) in [7, 11) is 0. The molecule has 0 fully saturated rings. The monoisotopic (exact) mass is 573 g/mol. The molecule has 1 aliphatic heterocycles. The molecule has 0 saturated carbocycles. The summed E-state index contributed by atoms with van der Waals surface area (Å²) < 4.78 is 0. The van der Waals surface area contributed by atoms with Gasteiger partial charge in [0.25, 0.3) is 0 Å². The van der Waals surface area contributed by atoms with Crippen LogP contribution in [-0.2, 0) is 23.3 Å². The zero-order valence-electron chi connectivity index (χ0n) is 19.0. The zero-order valence-corrected chi connectivity index (χ0v) is 24.8. The molecule has 1 heterocycles. The third kappa shape index (κ3) is 7.37. The molecule has 1 unspecified atom stereocenters. The van der Waals surface area contributed by atoms with Crippen molar-refractivity contribution >= 4 is 22.9 Å². The van der Waals surface area contributed by atoms with Gasteiger partial charge in [-0.15, -0.1) is 52.7 Å². The van der Waals surface area contributed by atoms with Crippen molar-refractivity contribution in [2.75, 3.05) is 11.2 Å². The van der Waals surface area contributed by atoms with E-state index in [9.17, 15) is 0 Å². The van der Waals surface area contributed by atoms with Crippen LogP contribution in [0.5, 0.6) is 0 Å². The average molecular weight is 576 g/mol. The minimum atomic E-state index is 0. The molecule has 166 valence electrons. The maximum Gasteiger partial charge on any atom is -1.00 e. The van der Waals surface area contributed by atoms with Crippen LogP contribution in [0, 0.1) is 12.2 Å². The van der Waals surface area contributed by atoms with Gasteiger partial charge in [0.1, 0.15) is 0 Å². The summed E-state index contributed by atoms with van der Waals surface area (Å²) in [5, 5.41) is 0. The quantitative estimate of drug-likeness (QED) is 0.378. The van der Waals surface area contributed by atoms with Gasteiger partial charge in [-0.25, -0.2) is 0 Å². The molecule has 1 aromatic carbocycles. The molecular weight excluding hydrogens is 549 g/mol. The fraction of sp³-hybridized carbons (Fsp3) is 0.231. The van der Waals surface area contributed by atoms with Crippen LogP contribution in [0.3, 0.4) is 0 Å². The van der Waals surface area contributed by atoms with E-state index in [1.54, 1.807) is 35.1 Å². The largest absolute Gasteiger partial charge is 1.00 e. The molecule has 0 aromatic heterocycles. The van der Waals surface area contributed by atoms with Crippen molar-refractivity contribution < 1.29 is 48.1 Å². The molecular formula is C26H27Cl2NSSiZr-2. The van der Waals surface area contributed by atoms with Gasteiger partial charge in [0.15, 0.2) is 0 Å². The van der Waals surface area contributed by atoms with Crippen molar-refractivity contribution in [2.24, 2.45) is 0 Å². The van der Waals surface area contributed by atoms with Crippen molar-refractivity contribution in [3.63, 3.8) is 0 Å². The molecule has 0 N–H and O–H groups in total. The van der Waals surface area contributed by atoms with Gasteiger partial charge in [-0.3, -0.25) is 0 Å². The second-order valence-corrected chi connectivity index (χ2v) is 17.8. The molecule has 4 aliphatic rings. The number of benzene rings is 1. The number of nitrogens with zero attached hydrogens (tertiary/aromatic N) is 1. The molecule has 1 atom stereocenters. The van der Waals surface area contributed by atoms with Crippen molar-refractivity contribution in [3.05, 3.63) is 112 Å². The first-order chi connectivity index (χ1) is 14.4. The van der Waals surface area contributed by atoms with Crippen LogP contribution >= 0.6 is 11.8 Å². The van der Waals surface area contributed by atoms with Crippen molar-refractivity contribution in [1.82, 2.24) is 0 Å². The Morgan fingerprint density at radius 2 is 1.75 bits per heavy atom. The Balaban J connectivity index is 0.000000277. The van der Waals surface area contributed by atoms with Gasteiger partial charge in [0, 0.05) is 11.7 Å². The second-order valence-electron chi connectivity index (χ2n) is 7.57. The van der Waals surface area contributed by atoms with Gasteiger partial charge in [-0.1, -0.05) is 41.8 Å². The summed E-state index contributed by atoms with van der Waals surface area (Å²) in [6.45, 7) is 8.93. The molecule has 6 heteroatoms. The molecule has 3 aliphatic carbocycles. The second kappa shape index (κ2) is 13.8. The Hall–Kier alpha value is -0.770. The zero-order chi connectivity index (χ0) is 21.7. The van der Waals surface area contributed by atoms with Crippen LogP contribution in [0.4, 0.5) is 5.69 Å². The van der Waals surface area contributed by atoms with Crippen LogP contribution in [-0.4, -0.2) is 17.7 Å². The summed E-state index contributed by atoms with van der Waals surface area (Å²) in [5.41, 5.74) is 7.79. The average Bonchev–Trinajstić information content (AvgIpc) is 3.43. The van der Waals surface area contributed by atoms with Crippen LogP contribution in [0.2, 0.25) is 13.1 Å². The summed E-state index contributed by atoms with van der Waals surface area (Å²) in [6, 6.07) is 10.9. The van der Waals surface area contributed by atoms with E-state index in [-0.39, 0.29) is 30.2 Å².